The molecule has 0 radical (unpaired) electrons. The van der Waals surface area contributed by atoms with Crippen LogP contribution >= 0.6 is 0 Å². The average molecular weight is 247 g/mol. The van der Waals surface area contributed by atoms with Crippen molar-refractivity contribution < 1.29 is 29.4 Å². The van der Waals surface area contributed by atoms with Crippen molar-refractivity contribution in [3.8, 4) is 0 Å². The normalized spacial score (nSPS) is 10.6. The van der Waals surface area contributed by atoms with Gasteiger partial charge in [0, 0.05) is 19.3 Å². The number of carbonyl (C=O) groups excluding carboxylic acids is 2. The second-order valence-corrected chi connectivity index (χ2v) is 3.14. The molecule has 0 saturated carbocycles. The van der Waals surface area contributed by atoms with Crippen molar-refractivity contribution in [3.05, 3.63) is 0 Å². The van der Waals surface area contributed by atoms with Crippen LogP contribution in [0.1, 0.15) is 32.1 Å². The topological polar surface area (TPSA) is 135 Å². The number of carbonyl (C=O) groups is 4. The Balaban J connectivity index is 0. The molecule has 0 aromatic rings. The molecule has 0 aromatic carbocycles. The molecule has 1 atom stereocenters. The third kappa shape index (κ3) is 16.9. The zero-order chi connectivity index (χ0) is 13.7. The van der Waals surface area contributed by atoms with E-state index < -0.39 is 18.0 Å². The molecular weight excluding hydrogens is 230 g/mol. The van der Waals surface area contributed by atoms with E-state index in [-0.39, 0.29) is 12.8 Å². The summed E-state index contributed by atoms with van der Waals surface area (Å²) in [5.41, 5.74) is 5.00. The van der Waals surface area contributed by atoms with Gasteiger partial charge in [0.15, 0.2) is 0 Å². The molecule has 0 aliphatic carbocycles. The highest BCUT2D eigenvalue weighted by Gasteiger charge is 2.12. The molecule has 0 aromatic heterocycles. The minimum Gasteiger partial charge on any atom is -0.481 e. The summed E-state index contributed by atoms with van der Waals surface area (Å²) < 4.78 is 0. The fraction of sp³-hybridized carbons (Fsp3) is 0.600. The first-order valence-electron chi connectivity index (χ1n) is 5.03. The highest BCUT2D eigenvalue weighted by Crippen LogP contribution is 1.93. The summed E-state index contributed by atoms with van der Waals surface area (Å²) in [4.78, 5) is 39.0. The summed E-state index contributed by atoms with van der Waals surface area (Å²) in [7, 11) is 0. The molecule has 4 N–H and O–H groups in total. The maximum Gasteiger partial charge on any atom is 0.320 e. The number of unbranched alkanes of at least 4 members (excludes halogenated alkanes) is 2. The van der Waals surface area contributed by atoms with Crippen LogP contribution in [-0.4, -0.2) is 40.8 Å². The third-order valence-corrected chi connectivity index (χ3v) is 1.63. The van der Waals surface area contributed by atoms with Gasteiger partial charge in [0.25, 0.3) is 0 Å². The monoisotopic (exact) mass is 247 g/mol. The predicted molar refractivity (Wildman–Crippen MR) is 58.5 cm³/mol. The second-order valence-electron chi connectivity index (χ2n) is 3.14. The Bertz CT molecular complexity index is 245. The Kier molecular flexibility index (Phi) is 12.8. The first-order chi connectivity index (χ1) is 7.95. The van der Waals surface area contributed by atoms with E-state index in [2.05, 4.69) is 0 Å². The fourth-order valence-corrected chi connectivity index (χ4v) is 0.687. The van der Waals surface area contributed by atoms with Crippen LogP contribution in [0.2, 0.25) is 0 Å². The van der Waals surface area contributed by atoms with E-state index in [0.717, 1.165) is 12.6 Å². The fourth-order valence-electron chi connectivity index (χ4n) is 0.687. The van der Waals surface area contributed by atoms with Crippen LogP contribution in [0.15, 0.2) is 0 Å². The van der Waals surface area contributed by atoms with Crippen LogP contribution in [0, 0.1) is 0 Å². The number of nitrogens with two attached hydrogens (primary N) is 1. The molecule has 0 unspecified atom stereocenters. The minimum atomic E-state index is -1.17. The van der Waals surface area contributed by atoms with Gasteiger partial charge in [-0.25, -0.2) is 0 Å². The number of aldehydes is 2. The first-order valence-corrected chi connectivity index (χ1v) is 5.03. The van der Waals surface area contributed by atoms with Gasteiger partial charge in [0.1, 0.15) is 18.6 Å². The molecule has 0 amide bonds. The first kappa shape index (κ1) is 17.6. The quantitative estimate of drug-likeness (QED) is 0.400. The summed E-state index contributed by atoms with van der Waals surface area (Å²) in [6.07, 6.45) is 3.15. The van der Waals surface area contributed by atoms with Crippen LogP contribution in [0.5, 0.6) is 0 Å². The van der Waals surface area contributed by atoms with E-state index in [4.69, 9.17) is 15.9 Å². The van der Waals surface area contributed by atoms with Crippen molar-refractivity contribution >= 4 is 24.5 Å². The summed E-state index contributed by atoms with van der Waals surface area (Å²) in [5.74, 6) is -2.20. The number of hydrogen-bond acceptors (Lipinski definition) is 5. The van der Waals surface area contributed by atoms with E-state index in [1.807, 2.05) is 0 Å². The molecule has 7 nitrogen and oxygen atoms in total. The van der Waals surface area contributed by atoms with E-state index >= 15 is 0 Å². The number of carboxylic acid groups (broad SMARTS) is 2. The molecule has 0 heterocycles. The Hall–Kier alpha value is -1.76. The lowest BCUT2D eigenvalue weighted by atomic mass is 10.2. The minimum absolute atomic E-state index is 0.0231. The molecule has 0 aliphatic heterocycles. The van der Waals surface area contributed by atoms with Gasteiger partial charge in [0.2, 0.25) is 0 Å². The molecule has 0 fully saturated rings. The lowest BCUT2D eigenvalue weighted by molar-refractivity contribution is -0.139. The molecule has 0 aliphatic rings. The molecular formula is C10H17NO6. The van der Waals surface area contributed by atoms with Crippen LogP contribution in [0.25, 0.3) is 0 Å². The number of aliphatic carboxylic acids is 2. The van der Waals surface area contributed by atoms with Gasteiger partial charge in [-0.1, -0.05) is 0 Å². The number of carboxylic acids is 2. The average Bonchev–Trinajstić information content (AvgIpc) is 2.27. The van der Waals surface area contributed by atoms with Gasteiger partial charge in [0.05, 0.1) is 0 Å². The molecule has 17 heavy (non-hydrogen) atoms. The summed E-state index contributed by atoms with van der Waals surface area (Å²) in [6.45, 7) is 0. The Morgan fingerprint density at radius 3 is 1.88 bits per heavy atom. The van der Waals surface area contributed by atoms with E-state index in [1.54, 1.807) is 0 Å². The summed E-state index contributed by atoms with van der Waals surface area (Å²) in [6, 6.07) is -1.06. The van der Waals surface area contributed by atoms with Crippen LogP contribution < -0.4 is 5.73 Å². The Labute approximate surface area is 98.6 Å². The Morgan fingerprint density at radius 1 is 1.12 bits per heavy atom. The molecule has 0 rings (SSSR count). The van der Waals surface area contributed by atoms with Crippen molar-refractivity contribution in [1.82, 2.24) is 0 Å². The lowest BCUT2D eigenvalue weighted by Crippen LogP contribution is -2.30. The SMILES string of the molecule is N[C@@H](CCC(=O)O)C(=O)O.O=CCCCC=O. The van der Waals surface area contributed by atoms with Crippen molar-refractivity contribution in [2.45, 2.75) is 38.1 Å². The van der Waals surface area contributed by atoms with Crippen LogP contribution in [0.3, 0.4) is 0 Å². The van der Waals surface area contributed by atoms with Crippen LogP contribution in [-0.2, 0) is 19.2 Å². The summed E-state index contributed by atoms with van der Waals surface area (Å²) in [5, 5.41) is 16.3. The van der Waals surface area contributed by atoms with E-state index in [9.17, 15) is 19.2 Å². The third-order valence-electron chi connectivity index (χ3n) is 1.63. The standard InChI is InChI=1S/C5H9NO4.C5H8O2/c6-3(5(9)10)1-2-4(7)8;6-4-2-1-3-5-7/h3H,1-2,6H2,(H,7,8)(H,9,10);4-5H,1-3H2/t3-;/m0./s1. The highest BCUT2D eigenvalue weighted by molar-refractivity contribution is 5.74. The van der Waals surface area contributed by atoms with Gasteiger partial charge in [-0.3, -0.25) is 9.59 Å². The van der Waals surface area contributed by atoms with E-state index in [0.29, 0.717) is 19.3 Å². The van der Waals surface area contributed by atoms with E-state index in [1.165, 1.54) is 0 Å². The van der Waals surface area contributed by atoms with Gasteiger partial charge < -0.3 is 25.5 Å². The highest BCUT2D eigenvalue weighted by atomic mass is 16.4. The molecule has 7 heteroatoms. The zero-order valence-corrected chi connectivity index (χ0v) is 9.37. The van der Waals surface area contributed by atoms with Crippen molar-refractivity contribution in [1.29, 1.82) is 0 Å². The zero-order valence-electron chi connectivity index (χ0n) is 9.37. The molecule has 0 saturated heterocycles. The molecule has 0 bridgehead atoms. The maximum absolute atomic E-state index is 9.99. The maximum atomic E-state index is 9.99. The summed E-state index contributed by atoms with van der Waals surface area (Å²) >= 11 is 0. The van der Waals surface area contributed by atoms with Gasteiger partial charge in [-0.05, 0) is 12.8 Å². The van der Waals surface area contributed by atoms with Gasteiger partial charge >= 0.3 is 11.9 Å². The van der Waals surface area contributed by atoms with Gasteiger partial charge in [-0.2, -0.15) is 0 Å². The Morgan fingerprint density at radius 2 is 1.59 bits per heavy atom. The number of rotatable bonds is 8. The molecule has 98 valence electrons. The van der Waals surface area contributed by atoms with Crippen molar-refractivity contribution in [3.63, 3.8) is 0 Å². The second kappa shape index (κ2) is 12.3. The predicted octanol–water partition coefficient (Wildman–Crippen LogP) is -0.182. The smallest absolute Gasteiger partial charge is 0.320 e. The van der Waals surface area contributed by atoms with Crippen LogP contribution in [0.4, 0.5) is 0 Å². The van der Waals surface area contributed by atoms with Crippen molar-refractivity contribution in [2.24, 2.45) is 5.73 Å². The van der Waals surface area contributed by atoms with Gasteiger partial charge in [-0.15, -0.1) is 0 Å². The van der Waals surface area contributed by atoms with Crippen molar-refractivity contribution in [2.75, 3.05) is 0 Å². The lowest BCUT2D eigenvalue weighted by Gasteiger charge is -2.01. The largest absolute Gasteiger partial charge is 0.481 e. The molecule has 0 spiro atoms. The number of hydrogen-bond donors (Lipinski definition) is 3.